The van der Waals surface area contributed by atoms with Crippen molar-refractivity contribution in [2.75, 3.05) is 18.8 Å². The largest absolute Gasteiger partial charge is 0.399 e. The Morgan fingerprint density at radius 1 is 1.50 bits per heavy atom. The van der Waals surface area contributed by atoms with Gasteiger partial charge < -0.3 is 11.1 Å². The van der Waals surface area contributed by atoms with Gasteiger partial charge in [0.05, 0.1) is 0 Å². The Labute approximate surface area is 83.3 Å². The average Bonchev–Trinajstić information content (AvgIpc) is 2.51. The Morgan fingerprint density at radius 3 is 3.00 bits per heavy atom. The quantitative estimate of drug-likeness (QED) is 0.700. The summed E-state index contributed by atoms with van der Waals surface area (Å²) in [6, 6.07) is 7.47. The second kappa shape index (κ2) is 3.58. The highest BCUT2D eigenvalue weighted by molar-refractivity contribution is 5.41. The lowest BCUT2D eigenvalue weighted by molar-refractivity contribution is 0.190. The van der Waals surface area contributed by atoms with Gasteiger partial charge in [0, 0.05) is 18.7 Å². The Kier molecular flexibility index (Phi) is 2.42. The van der Waals surface area contributed by atoms with E-state index in [1.54, 1.807) is 0 Å². The van der Waals surface area contributed by atoms with Crippen molar-refractivity contribution in [2.24, 2.45) is 0 Å². The molecule has 0 radical (unpaired) electrons. The Balaban J connectivity index is 2.10. The van der Waals surface area contributed by atoms with E-state index in [2.05, 4.69) is 5.32 Å². The summed E-state index contributed by atoms with van der Waals surface area (Å²) >= 11 is 0. The average molecular weight is 194 g/mol. The number of rotatable bonds is 2. The van der Waals surface area contributed by atoms with Crippen LogP contribution in [0.1, 0.15) is 12.0 Å². The molecule has 2 rings (SSSR count). The van der Waals surface area contributed by atoms with Crippen LogP contribution in [0, 0.1) is 0 Å². The molecule has 1 fully saturated rings. The van der Waals surface area contributed by atoms with E-state index >= 15 is 0 Å². The zero-order valence-electron chi connectivity index (χ0n) is 8.09. The van der Waals surface area contributed by atoms with E-state index in [1.807, 2.05) is 24.3 Å². The summed E-state index contributed by atoms with van der Waals surface area (Å²) in [5, 5.41) is 3.04. The predicted molar refractivity (Wildman–Crippen MR) is 55.9 cm³/mol. The number of nitrogens with two attached hydrogens (primary N) is 1. The fourth-order valence-electron chi connectivity index (χ4n) is 1.93. The lowest BCUT2D eigenvalue weighted by atomic mass is 9.95. The van der Waals surface area contributed by atoms with Gasteiger partial charge in [-0.15, -0.1) is 0 Å². The Morgan fingerprint density at radius 2 is 2.36 bits per heavy atom. The normalized spacial score (nSPS) is 26.6. The van der Waals surface area contributed by atoms with Crippen molar-refractivity contribution >= 4 is 5.69 Å². The predicted octanol–water partition coefficient (Wildman–Crippen LogP) is 1.51. The van der Waals surface area contributed by atoms with Gasteiger partial charge in [-0.25, -0.2) is 4.39 Å². The zero-order valence-corrected chi connectivity index (χ0v) is 8.09. The minimum absolute atomic E-state index is 0.460. The topological polar surface area (TPSA) is 38.0 Å². The van der Waals surface area contributed by atoms with Crippen LogP contribution in [0.3, 0.4) is 0 Å². The number of hydrogen-bond acceptors (Lipinski definition) is 2. The molecule has 1 aromatic carbocycles. The lowest BCUT2D eigenvalue weighted by Crippen LogP contribution is -2.28. The molecule has 3 heteroatoms. The molecule has 0 spiro atoms. The van der Waals surface area contributed by atoms with Crippen molar-refractivity contribution in [3.05, 3.63) is 29.8 Å². The van der Waals surface area contributed by atoms with Crippen LogP contribution in [-0.4, -0.2) is 18.8 Å². The first kappa shape index (κ1) is 9.46. The third kappa shape index (κ3) is 2.04. The standard InChI is InChI=1S/C11H15FN2/c12-11(4-5-14-8-11)7-9-2-1-3-10(13)6-9/h1-3,6,14H,4-5,7-8,13H2. The number of anilines is 1. The molecule has 1 aliphatic heterocycles. The van der Waals surface area contributed by atoms with E-state index in [-0.39, 0.29) is 0 Å². The molecule has 0 bridgehead atoms. The Bertz CT molecular complexity index is 319. The van der Waals surface area contributed by atoms with E-state index in [9.17, 15) is 4.39 Å². The molecule has 0 amide bonds. The van der Waals surface area contributed by atoms with Crippen LogP contribution < -0.4 is 11.1 Å². The van der Waals surface area contributed by atoms with Gasteiger partial charge in [-0.1, -0.05) is 12.1 Å². The van der Waals surface area contributed by atoms with Crippen LogP contribution >= 0.6 is 0 Å². The fraction of sp³-hybridized carbons (Fsp3) is 0.455. The van der Waals surface area contributed by atoms with Crippen LogP contribution in [0.15, 0.2) is 24.3 Å². The van der Waals surface area contributed by atoms with Crippen molar-refractivity contribution < 1.29 is 4.39 Å². The van der Waals surface area contributed by atoms with Gasteiger partial charge in [0.2, 0.25) is 0 Å². The van der Waals surface area contributed by atoms with E-state index in [0.717, 1.165) is 12.1 Å². The van der Waals surface area contributed by atoms with Crippen molar-refractivity contribution in [2.45, 2.75) is 18.5 Å². The number of hydrogen-bond donors (Lipinski definition) is 2. The van der Waals surface area contributed by atoms with Gasteiger partial charge in [0.25, 0.3) is 0 Å². The summed E-state index contributed by atoms with van der Waals surface area (Å²) in [4.78, 5) is 0. The molecule has 1 unspecified atom stereocenters. The van der Waals surface area contributed by atoms with Gasteiger partial charge in [-0.3, -0.25) is 0 Å². The minimum atomic E-state index is -1.08. The fourth-order valence-corrected chi connectivity index (χ4v) is 1.93. The van der Waals surface area contributed by atoms with Gasteiger partial charge in [0.15, 0.2) is 0 Å². The molecule has 0 aromatic heterocycles. The molecule has 14 heavy (non-hydrogen) atoms. The summed E-state index contributed by atoms with van der Waals surface area (Å²) in [6.07, 6.45) is 1.06. The first-order valence-electron chi connectivity index (χ1n) is 4.92. The maximum Gasteiger partial charge on any atom is 0.128 e. The summed E-state index contributed by atoms with van der Waals surface area (Å²) < 4.78 is 14.0. The third-order valence-corrected chi connectivity index (χ3v) is 2.66. The Hall–Kier alpha value is -1.09. The SMILES string of the molecule is Nc1cccc(CC2(F)CCNC2)c1. The van der Waals surface area contributed by atoms with Crippen LogP contribution in [0.5, 0.6) is 0 Å². The van der Waals surface area contributed by atoms with Crippen LogP contribution in [0.2, 0.25) is 0 Å². The second-order valence-electron chi connectivity index (χ2n) is 4.00. The molecule has 0 aliphatic carbocycles. The monoisotopic (exact) mass is 194 g/mol. The van der Waals surface area contributed by atoms with Crippen molar-refractivity contribution in [3.8, 4) is 0 Å². The first-order chi connectivity index (χ1) is 6.68. The summed E-state index contributed by atoms with van der Waals surface area (Å²) in [7, 11) is 0. The minimum Gasteiger partial charge on any atom is -0.399 e. The molecule has 0 saturated carbocycles. The van der Waals surface area contributed by atoms with E-state index < -0.39 is 5.67 Å². The molecule has 1 heterocycles. The van der Waals surface area contributed by atoms with Crippen molar-refractivity contribution in [1.29, 1.82) is 0 Å². The summed E-state index contributed by atoms with van der Waals surface area (Å²) in [6.45, 7) is 1.24. The number of nitrogen functional groups attached to an aromatic ring is 1. The maximum absolute atomic E-state index is 14.0. The molecule has 2 nitrogen and oxygen atoms in total. The number of benzene rings is 1. The van der Waals surface area contributed by atoms with Crippen molar-refractivity contribution in [1.82, 2.24) is 5.32 Å². The van der Waals surface area contributed by atoms with Gasteiger partial charge in [-0.2, -0.15) is 0 Å². The molecule has 76 valence electrons. The van der Waals surface area contributed by atoms with Gasteiger partial charge in [-0.05, 0) is 30.7 Å². The van der Waals surface area contributed by atoms with Crippen LogP contribution in [0.25, 0.3) is 0 Å². The number of nitrogens with one attached hydrogen (secondary N) is 1. The van der Waals surface area contributed by atoms with Crippen LogP contribution in [0.4, 0.5) is 10.1 Å². The maximum atomic E-state index is 14.0. The molecule has 3 N–H and O–H groups in total. The number of halogens is 1. The molecule has 1 saturated heterocycles. The molecule has 1 aliphatic rings. The second-order valence-corrected chi connectivity index (χ2v) is 4.00. The lowest BCUT2D eigenvalue weighted by Gasteiger charge is -2.17. The third-order valence-electron chi connectivity index (χ3n) is 2.66. The first-order valence-corrected chi connectivity index (χ1v) is 4.92. The summed E-state index contributed by atoms with van der Waals surface area (Å²) in [5.74, 6) is 0. The zero-order chi connectivity index (χ0) is 10.0. The highest BCUT2D eigenvalue weighted by Crippen LogP contribution is 2.25. The van der Waals surface area contributed by atoms with E-state index in [0.29, 0.717) is 25.1 Å². The molecule has 1 aromatic rings. The van der Waals surface area contributed by atoms with Gasteiger partial charge in [0.1, 0.15) is 5.67 Å². The van der Waals surface area contributed by atoms with Gasteiger partial charge >= 0.3 is 0 Å². The smallest absolute Gasteiger partial charge is 0.128 e. The van der Waals surface area contributed by atoms with Crippen LogP contribution in [-0.2, 0) is 6.42 Å². The van der Waals surface area contributed by atoms with E-state index in [1.165, 1.54) is 0 Å². The van der Waals surface area contributed by atoms with Crippen molar-refractivity contribution in [3.63, 3.8) is 0 Å². The summed E-state index contributed by atoms with van der Waals surface area (Å²) in [5.41, 5.74) is 6.25. The number of alkyl halides is 1. The highest BCUT2D eigenvalue weighted by Gasteiger charge is 2.33. The molecular weight excluding hydrogens is 179 g/mol. The highest BCUT2D eigenvalue weighted by atomic mass is 19.1. The molecule has 1 atom stereocenters. The van der Waals surface area contributed by atoms with E-state index in [4.69, 9.17) is 5.73 Å². The molecular formula is C11H15FN2.